The van der Waals surface area contributed by atoms with Crippen LogP contribution in [-0.4, -0.2) is 50.4 Å². The van der Waals surface area contributed by atoms with Gasteiger partial charge in [0.25, 0.3) is 0 Å². The van der Waals surface area contributed by atoms with Crippen LogP contribution in [0.25, 0.3) is 10.9 Å². The highest BCUT2D eigenvalue weighted by Crippen LogP contribution is 2.24. The van der Waals surface area contributed by atoms with Gasteiger partial charge < -0.3 is 14.6 Å². The fourth-order valence-electron chi connectivity index (χ4n) is 3.57. The largest absolute Gasteiger partial charge is 0.393 e. The Morgan fingerprint density at radius 3 is 2.57 bits per heavy atom. The number of aliphatic hydroxyl groups is 1. The first-order chi connectivity index (χ1) is 13.5. The quantitative estimate of drug-likeness (QED) is 0.704. The number of likely N-dealkylation sites (tertiary alicyclic amines) is 1. The van der Waals surface area contributed by atoms with E-state index in [1.807, 2.05) is 0 Å². The molecule has 0 aliphatic carbocycles. The fraction of sp³-hybridized carbons (Fsp3) is 0.286. The zero-order valence-electron chi connectivity index (χ0n) is 15.2. The lowest BCUT2D eigenvalue weighted by Crippen LogP contribution is -2.41. The minimum atomic E-state index is -0.402. The molecule has 0 unspecified atom stereocenters. The van der Waals surface area contributed by atoms with Crippen molar-refractivity contribution in [3.8, 4) is 0 Å². The van der Waals surface area contributed by atoms with Gasteiger partial charge in [0.15, 0.2) is 5.78 Å². The Hall–Kier alpha value is -3.06. The van der Waals surface area contributed by atoms with E-state index in [1.54, 1.807) is 34.1 Å². The van der Waals surface area contributed by atoms with Gasteiger partial charge in [-0.25, -0.2) is 4.39 Å². The zero-order valence-corrected chi connectivity index (χ0v) is 15.2. The van der Waals surface area contributed by atoms with Crippen LogP contribution in [-0.2, 0) is 11.3 Å². The molecule has 1 N–H and O–H groups in total. The number of ketones is 1. The lowest BCUT2D eigenvalue weighted by atomic mass is 10.0. The summed E-state index contributed by atoms with van der Waals surface area (Å²) >= 11 is 0. The van der Waals surface area contributed by atoms with Gasteiger partial charge in [-0.15, -0.1) is 0 Å². The van der Waals surface area contributed by atoms with Crippen LogP contribution in [0.15, 0.2) is 48.9 Å². The number of piperidine rings is 1. The molecule has 1 aromatic carbocycles. The van der Waals surface area contributed by atoms with Crippen LogP contribution >= 0.6 is 0 Å². The molecule has 28 heavy (non-hydrogen) atoms. The molecule has 1 saturated heterocycles. The van der Waals surface area contributed by atoms with Crippen molar-refractivity contribution in [3.05, 3.63) is 65.9 Å². The standard InChI is InChI=1S/C21H20FN3O3/c22-15-3-1-14(2-4-15)21(28)18-12-25(19-11-23-8-5-17(18)19)13-20(27)24-9-6-16(26)7-10-24/h1-5,8,11-12,16,26H,6-7,9-10,13H2. The smallest absolute Gasteiger partial charge is 0.242 e. The van der Waals surface area contributed by atoms with Gasteiger partial charge in [-0.2, -0.15) is 0 Å². The Morgan fingerprint density at radius 2 is 1.86 bits per heavy atom. The van der Waals surface area contributed by atoms with Gasteiger partial charge in [-0.05, 0) is 43.2 Å². The van der Waals surface area contributed by atoms with Gasteiger partial charge in [0.1, 0.15) is 12.4 Å². The van der Waals surface area contributed by atoms with E-state index in [-0.39, 0.29) is 24.3 Å². The summed E-state index contributed by atoms with van der Waals surface area (Å²) in [6.07, 6.45) is 5.70. The Labute approximate surface area is 161 Å². The molecule has 0 radical (unpaired) electrons. The number of aromatic nitrogens is 2. The summed E-state index contributed by atoms with van der Waals surface area (Å²) in [5.74, 6) is -0.697. The number of amides is 1. The summed E-state index contributed by atoms with van der Waals surface area (Å²) in [7, 11) is 0. The second-order valence-corrected chi connectivity index (χ2v) is 7.01. The van der Waals surface area contributed by atoms with E-state index in [4.69, 9.17) is 0 Å². The molecule has 4 rings (SSSR count). The summed E-state index contributed by atoms with van der Waals surface area (Å²) in [6, 6.07) is 7.15. The summed E-state index contributed by atoms with van der Waals surface area (Å²) < 4.78 is 14.9. The number of hydrogen-bond acceptors (Lipinski definition) is 4. The molecular formula is C21H20FN3O3. The molecule has 1 aliphatic heterocycles. The third kappa shape index (κ3) is 3.53. The SMILES string of the molecule is O=C(c1ccc(F)cc1)c1cn(CC(=O)N2CCC(O)CC2)c2cnccc12. The molecule has 7 heteroatoms. The Balaban J connectivity index is 1.64. The van der Waals surface area contributed by atoms with E-state index in [0.717, 1.165) is 0 Å². The summed E-state index contributed by atoms with van der Waals surface area (Å²) in [5.41, 5.74) is 1.53. The van der Waals surface area contributed by atoms with E-state index >= 15 is 0 Å². The first kappa shape index (κ1) is 18.3. The van der Waals surface area contributed by atoms with Gasteiger partial charge in [0.2, 0.25) is 5.91 Å². The van der Waals surface area contributed by atoms with Crippen LogP contribution in [0.2, 0.25) is 0 Å². The molecule has 1 fully saturated rings. The average molecular weight is 381 g/mol. The highest BCUT2D eigenvalue weighted by molar-refractivity contribution is 6.16. The van der Waals surface area contributed by atoms with E-state index in [1.165, 1.54) is 24.3 Å². The molecule has 6 nitrogen and oxygen atoms in total. The lowest BCUT2D eigenvalue weighted by molar-refractivity contribution is -0.133. The minimum Gasteiger partial charge on any atom is -0.393 e. The van der Waals surface area contributed by atoms with Crippen molar-refractivity contribution in [2.24, 2.45) is 0 Å². The Morgan fingerprint density at radius 1 is 1.14 bits per heavy atom. The molecule has 1 aliphatic rings. The molecule has 3 heterocycles. The van der Waals surface area contributed by atoms with E-state index in [2.05, 4.69) is 4.98 Å². The van der Waals surface area contributed by atoms with Crippen molar-refractivity contribution in [3.63, 3.8) is 0 Å². The highest BCUT2D eigenvalue weighted by Gasteiger charge is 2.23. The average Bonchev–Trinajstić information content (AvgIpc) is 3.07. The van der Waals surface area contributed by atoms with Crippen LogP contribution in [0.1, 0.15) is 28.8 Å². The third-order valence-electron chi connectivity index (χ3n) is 5.16. The maximum absolute atomic E-state index is 13.2. The number of benzene rings is 1. The maximum Gasteiger partial charge on any atom is 0.242 e. The zero-order chi connectivity index (χ0) is 19.7. The molecule has 2 aromatic heterocycles. The number of carbonyl (C=O) groups is 2. The van der Waals surface area contributed by atoms with Gasteiger partial charge in [0, 0.05) is 42.0 Å². The second kappa shape index (κ2) is 7.52. The normalized spacial score (nSPS) is 15.1. The Bertz CT molecular complexity index is 1020. The first-order valence-electron chi connectivity index (χ1n) is 9.22. The number of aliphatic hydroxyl groups excluding tert-OH is 1. The summed E-state index contributed by atoms with van der Waals surface area (Å²) in [5, 5.41) is 10.3. The highest BCUT2D eigenvalue weighted by atomic mass is 19.1. The predicted molar refractivity (Wildman–Crippen MR) is 101 cm³/mol. The molecule has 0 bridgehead atoms. The van der Waals surface area contributed by atoms with Crippen LogP contribution in [0.5, 0.6) is 0 Å². The van der Waals surface area contributed by atoms with Crippen molar-refractivity contribution in [1.29, 1.82) is 0 Å². The third-order valence-corrected chi connectivity index (χ3v) is 5.16. The Kier molecular flexibility index (Phi) is 4.92. The predicted octanol–water partition coefficient (Wildman–Crippen LogP) is 2.39. The minimum absolute atomic E-state index is 0.0616. The van der Waals surface area contributed by atoms with Crippen LogP contribution < -0.4 is 0 Å². The van der Waals surface area contributed by atoms with E-state index in [9.17, 15) is 19.1 Å². The van der Waals surface area contributed by atoms with Gasteiger partial charge in [-0.1, -0.05) is 0 Å². The number of hydrogen-bond donors (Lipinski definition) is 1. The number of nitrogens with zero attached hydrogens (tertiary/aromatic N) is 3. The molecule has 0 atom stereocenters. The molecule has 3 aromatic rings. The van der Waals surface area contributed by atoms with E-state index < -0.39 is 5.82 Å². The first-order valence-corrected chi connectivity index (χ1v) is 9.22. The van der Waals surface area contributed by atoms with Crippen molar-refractivity contribution < 1.29 is 19.1 Å². The molecule has 0 spiro atoms. The van der Waals surface area contributed by atoms with Gasteiger partial charge in [-0.3, -0.25) is 14.6 Å². The number of rotatable bonds is 4. The van der Waals surface area contributed by atoms with Gasteiger partial charge in [0.05, 0.1) is 17.8 Å². The second-order valence-electron chi connectivity index (χ2n) is 7.01. The molecule has 1 amide bonds. The maximum atomic E-state index is 13.2. The van der Waals surface area contributed by atoms with Crippen molar-refractivity contribution >= 4 is 22.6 Å². The van der Waals surface area contributed by atoms with Crippen LogP contribution in [0.3, 0.4) is 0 Å². The lowest BCUT2D eigenvalue weighted by Gasteiger charge is -2.29. The van der Waals surface area contributed by atoms with Crippen molar-refractivity contribution in [2.45, 2.75) is 25.5 Å². The monoisotopic (exact) mass is 381 g/mol. The topological polar surface area (TPSA) is 75.4 Å². The number of halogens is 1. The summed E-state index contributed by atoms with van der Waals surface area (Å²) in [4.78, 5) is 31.5. The number of pyridine rings is 1. The number of carbonyl (C=O) groups excluding carboxylic acids is 2. The van der Waals surface area contributed by atoms with Crippen LogP contribution in [0, 0.1) is 5.82 Å². The molecule has 144 valence electrons. The van der Waals surface area contributed by atoms with E-state index in [0.29, 0.717) is 48.0 Å². The van der Waals surface area contributed by atoms with Gasteiger partial charge >= 0.3 is 0 Å². The molecule has 0 saturated carbocycles. The number of fused-ring (bicyclic) bond motifs is 1. The van der Waals surface area contributed by atoms with Crippen LogP contribution in [0.4, 0.5) is 4.39 Å². The summed E-state index contributed by atoms with van der Waals surface area (Å²) in [6.45, 7) is 1.15. The van der Waals surface area contributed by atoms with Crippen molar-refractivity contribution in [1.82, 2.24) is 14.5 Å². The van der Waals surface area contributed by atoms with Crippen molar-refractivity contribution in [2.75, 3.05) is 13.1 Å². The molecular weight excluding hydrogens is 361 g/mol. The fourth-order valence-corrected chi connectivity index (χ4v) is 3.57.